The fourth-order valence-electron chi connectivity index (χ4n) is 0.232. The van der Waals surface area contributed by atoms with Gasteiger partial charge in [0.2, 0.25) is 0 Å². The Morgan fingerprint density at radius 3 is 2.20 bits per heavy atom. The number of hydrogen-bond acceptors (Lipinski definition) is 1. The predicted molar refractivity (Wildman–Crippen MR) is 26.4 cm³/mol. The molecule has 0 atom stereocenters. The van der Waals surface area contributed by atoms with Crippen LogP contribution in [0.2, 0.25) is 0 Å². The van der Waals surface area contributed by atoms with Crippen molar-refractivity contribution in [2.75, 3.05) is 0 Å². The maximum Gasteiger partial charge on any atom is -0.0128 e. The normalized spacial score (nSPS) is 22.4. The summed E-state index contributed by atoms with van der Waals surface area (Å²) in [5.74, 6) is 0.824. The zero-order chi connectivity index (χ0) is 3.70. The van der Waals surface area contributed by atoms with Gasteiger partial charge in [-0.05, 0) is 24.1 Å². The third-order valence-corrected chi connectivity index (χ3v) is 1.20. The summed E-state index contributed by atoms with van der Waals surface area (Å²) in [5.41, 5.74) is 0. The fourth-order valence-corrected chi connectivity index (χ4v) is 0.504. The van der Waals surface area contributed by atoms with Crippen LogP contribution in [0, 0.1) is 5.92 Å². The summed E-state index contributed by atoms with van der Waals surface area (Å²) in [4.78, 5) is 0. The molecule has 0 aliphatic heterocycles. The lowest BCUT2D eigenvalue weighted by Crippen LogP contribution is -1.62. The Morgan fingerprint density at radius 2 is 2.20 bits per heavy atom. The van der Waals surface area contributed by atoms with Crippen LogP contribution >= 0.6 is 12.2 Å². The van der Waals surface area contributed by atoms with Gasteiger partial charge < -0.3 is 0 Å². The first kappa shape index (κ1) is 3.29. The molecule has 0 aromatic carbocycles. The van der Waals surface area contributed by atoms with Gasteiger partial charge in [0.15, 0.2) is 0 Å². The predicted octanol–water partition coefficient (Wildman–Crippen LogP) is 1.40. The second-order valence-electron chi connectivity index (χ2n) is 1.47. The minimum Gasteiger partial charge on any atom is -0.0932 e. The zero-order valence-electron chi connectivity index (χ0n) is 2.98. The van der Waals surface area contributed by atoms with E-state index in [9.17, 15) is 0 Å². The van der Waals surface area contributed by atoms with Gasteiger partial charge in [-0.1, -0.05) is 12.2 Å². The van der Waals surface area contributed by atoms with Crippen LogP contribution in [-0.2, 0) is 0 Å². The van der Waals surface area contributed by atoms with Crippen molar-refractivity contribution in [2.24, 2.45) is 5.92 Å². The fraction of sp³-hybridized carbons (Fsp3) is 0.750. The third-order valence-electron chi connectivity index (χ3n) is 0.814. The summed E-state index contributed by atoms with van der Waals surface area (Å²) >= 11 is 4.61. The molecule has 28 valence electrons. The van der Waals surface area contributed by atoms with Crippen molar-refractivity contribution >= 4 is 17.6 Å². The van der Waals surface area contributed by atoms with Gasteiger partial charge in [-0.2, -0.15) is 0 Å². The second kappa shape index (κ2) is 1.05. The first-order valence-corrected chi connectivity index (χ1v) is 2.36. The van der Waals surface area contributed by atoms with Gasteiger partial charge in [-0.3, -0.25) is 0 Å². The van der Waals surface area contributed by atoms with Gasteiger partial charge in [-0.15, -0.1) is 0 Å². The van der Waals surface area contributed by atoms with Crippen molar-refractivity contribution in [3.05, 3.63) is 0 Å². The Balaban J connectivity index is 2.21. The van der Waals surface area contributed by atoms with E-state index in [0.717, 1.165) is 5.92 Å². The number of thiocarbonyl (C=S) groups is 1. The van der Waals surface area contributed by atoms with Crippen molar-refractivity contribution in [1.82, 2.24) is 0 Å². The van der Waals surface area contributed by atoms with Gasteiger partial charge in [0.05, 0.1) is 0 Å². The Bertz CT molecular complexity index is 45.6. The highest BCUT2D eigenvalue weighted by molar-refractivity contribution is 7.79. The Labute approximate surface area is 37.2 Å². The van der Waals surface area contributed by atoms with Gasteiger partial charge in [-0.25, -0.2) is 0 Å². The van der Waals surface area contributed by atoms with Crippen LogP contribution in [0.4, 0.5) is 0 Å². The highest BCUT2D eigenvalue weighted by atomic mass is 32.1. The van der Waals surface area contributed by atoms with Crippen LogP contribution in [0.15, 0.2) is 0 Å². The van der Waals surface area contributed by atoms with E-state index in [1.807, 2.05) is 5.37 Å². The molecule has 0 aromatic rings. The topological polar surface area (TPSA) is 0 Å². The van der Waals surface area contributed by atoms with Crippen LogP contribution < -0.4 is 0 Å². The van der Waals surface area contributed by atoms with E-state index in [2.05, 4.69) is 12.2 Å². The van der Waals surface area contributed by atoms with Crippen LogP contribution in [-0.4, -0.2) is 5.37 Å². The molecule has 0 N–H and O–H groups in total. The molecular formula is C4H6S. The van der Waals surface area contributed by atoms with Gasteiger partial charge in [0.1, 0.15) is 0 Å². The molecule has 1 fully saturated rings. The number of rotatable bonds is 1. The quantitative estimate of drug-likeness (QED) is 0.434. The monoisotopic (exact) mass is 86.0 g/mol. The molecule has 0 nitrogen and oxygen atoms in total. The maximum absolute atomic E-state index is 4.61. The molecule has 0 unspecified atom stereocenters. The van der Waals surface area contributed by atoms with Crippen LogP contribution in [0.3, 0.4) is 0 Å². The molecule has 0 bridgehead atoms. The average Bonchev–Trinajstić information content (AvgIpc) is 2.12. The van der Waals surface area contributed by atoms with E-state index in [4.69, 9.17) is 0 Å². The largest absolute Gasteiger partial charge is 0.0932 e. The first-order valence-electron chi connectivity index (χ1n) is 1.89. The highest BCUT2D eigenvalue weighted by Gasteiger charge is 2.16. The average molecular weight is 86.2 g/mol. The lowest BCUT2D eigenvalue weighted by molar-refractivity contribution is 1.27. The Morgan fingerprint density at radius 1 is 1.60 bits per heavy atom. The van der Waals surface area contributed by atoms with E-state index < -0.39 is 0 Å². The molecule has 0 amide bonds. The van der Waals surface area contributed by atoms with Gasteiger partial charge in [0.25, 0.3) is 0 Å². The van der Waals surface area contributed by atoms with E-state index in [-0.39, 0.29) is 0 Å². The van der Waals surface area contributed by atoms with Gasteiger partial charge >= 0.3 is 0 Å². The molecule has 1 saturated carbocycles. The van der Waals surface area contributed by atoms with Crippen LogP contribution in [0.5, 0.6) is 0 Å². The molecule has 0 spiro atoms. The zero-order valence-corrected chi connectivity index (χ0v) is 3.79. The van der Waals surface area contributed by atoms with Crippen molar-refractivity contribution < 1.29 is 0 Å². The minimum atomic E-state index is 0.824. The van der Waals surface area contributed by atoms with Crippen molar-refractivity contribution in [2.45, 2.75) is 12.8 Å². The molecule has 1 aliphatic rings. The van der Waals surface area contributed by atoms with Crippen molar-refractivity contribution in [3.8, 4) is 0 Å². The molecule has 1 rings (SSSR count). The molecule has 1 aliphatic carbocycles. The third kappa shape index (κ3) is 0.690. The lowest BCUT2D eigenvalue weighted by atomic mass is 10.5. The van der Waals surface area contributed by atoms with Gasteiger partial charge in [0, 0.05) is 0 Å². The minimum absolute atomic E-state index is 0.824. The molecule has 0 radical (unpaired) electrons. The van der Waals surface area contributed by atoms with Crippen LogP contribution in [0.1, 0.15) is 12.8 Å². The molecule has 1 heteroatoms. The summed E-state index contributed by atoms with van der Waals surface area (Å²) in [6.45, 7) is 0. The maximum atomic E-state index is 4.61. The lowest BCUT2D eigenvalue weighted by Gasteiger charge is -1.60. The Hall–Kier alpha value is 0.0900. The molecule has 0 saturated heterocycles. The second-order valence-corrected chi connectivity index (χ2v) is 1.75. The summed E-state index contributed by atoms with van der Waals surface area (Å²) in [5, 5.41) is 1.86. The highest BCUT2D eigenvalue weighted by Crippen LogP contribution is 2.25. The number of hydrogen-bond donors (Lipinski definition) is 0. The summed E-state index contributed by atoms with van der Waals surface area (Å²) in [7, 11) is 0. The summed E-state index contributed by atoms with van der Waals surface area (Å²) < 4.78 is 0. The van der Waals surface area contributed by atoms with E-state index >= 15 is 0 Å². The SMILES string of the molecule is S=CC1CC1. The first-order chi connectivity index (χ1) is 2.43. The van der Waals surface area contributed by atoms with Crippen molar-refractivity contribution in [1.29, 1.82) is 0 Å². The van der Waals surface area contributed by atoms with E-state index in [1.54, 1.807) is 0 Å². The Kier molecular flexibility index (Phi) is 0.692. The summed E-state index contributed by atoms with van der Waals surface area (Å²) in [6, 6.07) is 0. The van der Waals surface area contributed by atoms with E-state index in [0.29, 0.717) is 0 Å². The molecule has 5 heavy (non-hydrogen) atoms. The smallest absolute Gasteiger partial charge is 0.0128 e. The molecular weight excluding hydrogens is 80.1 g/mol. The standard InChI is InChI=1S/C4H6S/c5-3-4-1-2-4/h3-4H,1-2H2. The molecule has 0 aromatic heterocycles. The van der Waals surface area contributed by atoms with Crippen molar-refractivity contribution in [3.63, 3.8) is 0 Å². The van der Waals surface area contributed by atoms with E-state index in [1.165, 1.54) is 12.8 Å². The molecule has 0 heterocycles. The van der Waals surface area contributed by atoms with Crippen LogP contribution in [0.25, 0.3) is 0 Å². The summed E-state index contributed by atoms with van der Waals surface area (Å²) in [6.07, 6.45) is 2.70.